The summed E-state index contributed by atoms with van der Waals surface area (Å²) in [6, 6.07) is 8.47. The maximum atomic E-state index is 12.9. The van der Waals surface area contributed by atoms with Gasteiger partial charge in [-0.1, -0.05) is 12.1 Å². The van der Waals surface area contributed by atoms with Gasteiger partial charge in [-0.05, 0) is 48.4 Å². The Balaban J connectivity index is 1.37. The van der Waals surface area contributed by atoms with E-state index >= 15 is 0 Å². The van der Waals surface area contributed by atoms with Crippen LogP contribution in [0.4, 0.5) is 0 Å². The summed E-state index contributed by atoms with van der Waals surface area (Å²) in [7, 11) is 0. The molecule has 2 aromatic rings. The molecule has 3 aliphatic rings. The second kappa shape index (κ2) is 7.96. The van der Waals surface area contributed by atoms with Gasteiger partial charge in [0.2, 0.25) is 5.91 Å². The lowest BCUT2D eigenvalue weighted by molar-refractivity contribution is -0.135. The SMILES string of the molecule is O=C(CCc1cccnc1)N1C[C@H]2CC[C@@H]1CN(Cc1cccnc1)C2. The topological polar surface area (TPSA) is 49.3 Å². The molecule has 1 amide bonds. The van der Waals surface area contributed by atoms with Crippen LogP contribution in [0.1, 0.15) is 30.4 Å². The van der Waals surface area contributed by atoms with Crippen LogP contribution in [-0.2, 0) is 17.8 Å². The highest BCUT2D eigenvalue weighted by molar-refractivity contribution is 5.77. The van der Waals surface area contributed by atoms with Crippen LogP contribution in [0.15, 0.2) is 49.1 Å². The monoisotopic (exact) mass is 350 g/mol. The number of fused-ring (bicyclic) bond motifs is 4. The minimum absolute atomic E-state index is 0.298. The Kier molecular flexibility index (Phi) is 5.25. The van der Waals surface area contributed by atoms with Gasteiger partial charge in [-0.25, -0.2) is 0 Å². The second-order valence-corrected chi connectivity index (χ2v) is 7.56. The molecule has 26 heavy (non-hydrogen) atoms. The molecule has 0 aliphatic carbocycles. The molecule has 0 aromatic carbocycles. The summed E-state index contributed by atoms with van der Waals surface area (Å²) in [5, 5.41) is 0. The Bertz CT molecular complexity index is 721. The van der Waals surface area contributed by atoms with Crippen LogP contribution in [0.2, 0.25) is 0 Å². The van der Waals surface area contributed by atoms with Gasteiger partial charge in [0.15, 0.2) is 0 Å². The van der Waals surface area contributed by atoms with Crippen LogP contribution in [-0.4, -0.2) is 51.4 Å². The first-order chi connectivity index (χ1) is 12.8. The lowest BCUT2D eigenvalue weighted by atomic mass is 9.94. The fraction of sp³-hybridized carbons (Fsp3) is 0.476. The highest BCUT2D eigenvalue weighted by atomic mass is 16.2. The normalized spacial score (nSPS) is 23.0. The van der Waals surface area contributed by atoms with Crippen molar-refractivity contribution in [2.45, 2.75) is 38.3 Å². The number of pyridine rings is 2. The Morgan fingerprint density at radius 3 is 2.50 bits per heavy atom. The molecule has 5 heterocycles. The van der Waals surface area contributed by atoms with Crippen LogP contribution >= 0.6 is 0 Å². The zero-order chi connectivity index (χ0) is 17.8. The van der Waals surface area contributed by atoms with E-state index in [2.05, 4.69) is 25.8 Å². The van der Waals surface area contributed by atoms with Crippen molar-refractivity contribution < 1.29 is 4.79 Å². The largest absolute Gasteiger partial charge is 0.338 e. The van der Waals surface area contributed by atoms with Crippen molar-refractivity contribution in [1.29, 1.82) is 0 Å². The molecule has 5 rings (SSSR count). The lowest BCUT2D eigenvalue weighted by Crippen LogP contribution is -2.47. The standard InChI is InChI=1S/C21H26N4O/c26-21(8-6-17-3-1-9-22-11-17)25-15-19-5-7-20(25)16-24(14-19)13-18-4-2-10-23-12-18/h1-4,9-12,19-20H,5-8,13-16H2/t19-,20+/m0/s1. The third kappa shape index (κ3) is 4.10. The fourth-order valence-corrected chi connectivity index (χ4v) is 4.30. The number of nitrogens with zero attached hydrogens (tertiary/aromatic N) is 4. The predicted octanol–water partition coefficient (Wildman–Crippen LogP) is 2.53. The summed E-state index contributed by atoms with van der Waals surface area (Å²) < 4.78 is 0. The zero-order valence-corrected chi connectivity index (χ0v) is 15.1. The molecule has 3 saturated heterocycles. The number of amides is 1. The van der Waals surface area contributed by atoms with Gasteiger partial charge in [-0.15, -0.1) is 0 Å². The van der Waals surface area contributed by atoms with Gasteiger partial charge in [-0.3, -0.25) is 19.7 Å². The summed E-state index contributed by atoms with van der Waals surface area (Å²) >= 11 is 0. The van der Waals surface area contributed by atoms with Crippen LogP contribution < -0.4 is 0 Å². The molecule has 3 aliphatic heterocycles. The summed E-state index contributed by atoms with van der Waals surface area (Å²) in [6.45, 7) is 3.90. The van der Waals surface area contributed by atoms with E-state index in [0.29, 0.717) is 24.3 Å². The number of aryl methyl sites for hydroxylation is 1. The van der Waals surface area contributed by atoms with E-state index in [1.54, 1.807) is 6.20 Å². The minimum atomic E-state index is 0.298. The van der Waals surface area contributed by atoms with Gasteiger partial charge < -0.3 is 4.90 Å². The predicted molar refractivity (Wildman–Crippen MR) is 100 cm³/mol. The van der Waals surface area contributed by atoms with E-state index in [9.17, 15) is 4.79 Å². The molecule has 0 N–H and O–H groups in total. The number of piperidine rings is 1. The molecule has 5 heteroatoms. The highest BCUT2D eigenvalue weighted by Crippen LogP contribution is 2.29. The van der Waals surface area contributed by atoms with E-state index < -0.39 is 0 Å². The summed E-state index contributed by atoms with van der Waals surface area (Å²) in [5.74, 6) is 0.888. The van der Waals surface area contributed by atoms with Crippen molar-refractivity contribution in [1.82, 2.24) is 19.8 Å². The number of aromatic nitrogens is 2. The average molecular weight is 350 g/mol. The van der Waals surface area contributed by atoms with Crippen LogP contribution in [0.5, 0.6) is 0 Å². The van der Waals surface area contributed by atoms with Crippen molar-refractivity contribution >= 4 is 5.91 Å². The Morgan fingerprint density at radius 2 is 1.77 bits per heavy atom. The summed E-state index contributed by atoms with van der Waals surface area (Å²) in [5.41, 5.74) is 2.39. The Morgan fingerprint density at radius 1 is 1.00 bits per heavy atom. The average Bonchev–Trinajstić information content (AvgIpc) is 2.98. The van der Waals surface area contributed by atoms with Gasteiger partial charge >= 0.3 is 0 Å². The Labute approximate surface area is 155 Å². The molecule has 0 saturated carbocycles. The number of hydrogen-bond donors (Lipinski definition) is 0. The van der Waals surface area contributed by atoms with Crippen molar-refractivity contribution in [3.63, 3.8) is 0 Å². The van der Waals surface area contributed by atoms with E-state index in [-0.39, 0.29) is 0 Å². The highest BCUT2D eigenvalue weighted by Gasteiger charge is 2.36. The number of rotatable bonds is 5. The first-order valence-corrected chi connectivity index (χ1v) is 9.57. The first kappa shape index (κ1) is 17.2. The van der Waals surface area contributed by atoms with Crippen molar-refractivity contribution in [2.75, 3.05) is 19.6 Å². The third-order valence-corrected chi connectivity index (χ3v) is 5.59. The molecular weight excluding hydrogens is 324 g/mol. The molecule has 2 atom stereocenters. The third-order valence-electron chi connectivity index (χ3n) is 5.59. The number of hydrogen-bond acceptors (Lipinski definition) is 4. The smallest absolute Gasteiger partial charge is 0.223 e. The minimum Gasteiger partial charge on any atom is -0.338 e. The molecule has 3 fully saturated rings. The maximum absolute atomic E-state index is 12.9. The van der Waals surface area contributed by atoms with Crippen molar-refractivity contribution in [3.8, 4) is 0 Å². The quantitative estimate of drug-likeness (QED) is 0.831. The zero-order valence-electron chi connectivity index (χ0n) is 15.1. The van der Waals surface area contributed by atoms with Gasteiger partial charge in [0.05, 0.1) is 0 Å². The van der Waals surface area contributed by atoms with Crippen LogP contribution in [0, 0.1) is 5.92 Å². The van der Waals surface area contributed by atoms with Gasteiger partial charge in [-0.2, -0.15) is 0 Å². The summed E-state index contributed by atoms with van der Waals surface area (Å²) in [4.78, 5) is 25.9. The van der Waals surface area contributed by atoms with E-state index in [0.717, 1.165) is 44.6 Å². The van der Waals surface area contributed by atoms with Crippen molar-refractivity contribution in [3.05, 3.63) is 60.2 Å². The second-order valence-electron chi connectivity index (χ2n) is 7.56. The van der Waals surface area contributed by atoms with Gasteiger partial charge in [0.25, 0.3) is 0 Å². The molecule has 0 spiro atoms. The maximum Gasteiger partial charge on any atom is 0.223 e. The van der Waals surface area contributed by atoms with Gasteiger partial charge in [0.1, 0.15) is 0 Å². The van der Waals surface area contributed by atoms with Crippen LogP contribution in [0.25, 0.3) is 0 Å². The molecule has 5 nitrogen and oxygen atoms in total. The number of carbonyl (C=O) groups is 1. The van der Waals surface area contributed by atoms with E-state index in [1.165, 1.54) is 12.0 Å². The Hall–Kier alpha value is -2.27. The van der Waals surface area contributed by atoms with E-state index in [4.69, 9.17) is 0 Å². The summed E-state index contributed by atoms with van der Waals surface area (Å²) in [6.07, 6.45) is 11.1. The molecule has 0 unspecified atom stereocenters. The van der Waals surface area contributed by atoms with E-state index in [1.807, 2.05) is 36.8 Å². The fourth-order valence-electron chi connectivity index (χ4n) is 4.30. The van der Waals surface area contributed by atoms with Crippen molar-refractivity contribution in [2.24, 2.45) is 5.92 Å². The van der Waals surface area contributed by atoms with Gasteiger partial charge in [0, 0.05) is 63.4 Å². The van der Waals surface area contributed by atoms with Crippen LogP contribution in [0.3, 0.4) is 0 Å². The molecule has 136 valence electrons. The molecule has 0 radical (unpaired) electrons. The molecule has 2 bridgehead atoms. The lowest BCUT2D eigenvalue weighted by Gasteiger charge is -2.36. The first-order valence-electron chi connectivity index (χ1n) is 9.57. The molecule has 2 aromatic heterocycles. The number of carbonyl (C=O) groups excluding carboxylic acids is 1. The molecular formula is C21H26N4O.